The highest BCUT2D eigenvalue weighted by Crippen LogP contribution is 2.10. The third kappa shape index (κ3) is 1.63. The van der Waals surface area contributed by atoms with Crippen LogP contribution in [0.4, 0.5) is 4.79 Å². The van der Waals surface area contributed by atoms with Crippen LogP contribution in [-0.2, 0) is 4.79 Å². The molecule has 1 atom stereocenters. The van der Waals surface area contributed by atoms with E-state index >= 15 is 0 Å². The number of hydrogen-bond donors (Lipinski definition) is 1. The summed E-state index contributed by atoms with van der Waals surface area (Å²) in [5.41, 5.74) is 0. The van der Waals surface area contributed by atoms with Gasteiger partial charge in [0, 0.05) is 0 Å². The first-order valence-electron chi connectivity index (χ1n) is 2.86. The molecule has 4 nitrogen and oxygen atoms in total. The molecule has 1 saturated heterocycles. The summed E-state index contributed by atoms with van der Waals surface area (Å²) in [4.78, 5) is 22.8. The smallest absolute Gasteiger partial charge is 0.292 e. The van der Waals surface area contributed by atoms with Gasteiger partial charge in [0.05, 0.1) is 0 Å². The monoisotopic (exact) mass is 264 g/mol. The Morgan fingerprint density at radius 1 is 1.73 bits per heavy atom. The van der Waals surface area contributed by atoms with E-state index in [1.54, 1.807) is 0 Å². The van der Waals surface area contributed by atoms with Crippen LogP contribution >= 0.6 is 22.6 Å². The van der Waals surface area contributed by atoms with E-state index in [9.17, 15) is 9.59 Å². The van der Waals surface area contributed by atoms with Crippen molar-refractivity contribution in [3.05, 3.63) is 0 Å². The number of imide groups is 1. The molecule has 1 unspecified atom stereocenters. The van der Waals surface area contributed by atoms with Gasteiger partial charge in [0.2, 0.25) is 5.91 Å². The Hall–Kier alpha value is -0.770. The van der Waals surface area contributed by atoms with Crippen molar-refractivity contribution in [1.29, 1.82) is 0 Å². The summed E-state index contributed by atoms with van der Waals surface area (Å²) in [7, 11) is 0. The Labute approximate surface area is 77.5 Å². The van der Waals surface area contributed by atoms with Crippen LogP contribution in [0, 0.1) is 12.3 Å². The average molecular weight is 264 g/mol. The van der Waals surface area contributed by atoms with Crippen molar-refractivity contribution in [2.24, 2.45) is 0 Å². The van der Waals surface area contributed by atoms with Crippen molar-refractivity contribution in [2.75, 3.05) is 6.54 Å². The molecule has 1 N–H and O–H groups in total. The zero-order valence-corrected chi connectivity index (χ0v) is 7.66. The second-order valence-electron chi connectivity index (χ2n) is 1.98. The highest BCUT2D eigenvalue weighted by atomic mass is 127. The van der Waals surface area contributed by atoms with Gasteiger partial charge in [0.1, 0.15) is 10.6 Å². The fourth-order valence-corrected chi connectivity index (χ4v) is 1.18. The Morgan fingerprint density at radius 3 is 2.73 bits per heavy atom. The predicted octanol–water partition coefficient (Wildman–Crippen LogP) is -0.0675. The molecule has 1 heterocycles. The number of terminal acetylenes is 1. The van der Waals surface area contributed by atoms with Crippen LogP contribution in [0.1, 0.15) is 0 Å². The summed E-state index contributed by atoms with van der Waals surface area (Å²) in [6, 6.07) is -0.410. The minimum absolute atomic E-state index is 0.0661. The number of hydrogen-bond acceptors (Lipinski definition) is 2. The number of halogens is 1. The number of urea groups is 1. The van der Waals surface area contributed by atoms with Crippen LogP contribution in [0.3, 0.4) is 0 Å². The van der Waals surface area contributed by atoms with Crippen molar-refractivity contribution in [1.82, 2.24) is 10.2 Å². The molecule has 0 aromatic heterocycles. The molecule has 0 bridgehead atoms. The first kappa shape index (κ1) is 8.33. The van der Waals surface area contributed by atoms with Crippen LogP contribution in [0.5, 0.6) is 0 Å². The van der Waals surface area contributed by atoms with Gasteiger partial charge in [-0.2, -0.15) is 0 Å². The number of alkyl halides is 1. The molecular formula is C6H5IN2O2. The molecule has 0 aliphatic carbocycles. The number of carbonyl (C=O) groups is 2. The molecule has 0 aromatic carbocycles. The predicted molar refractivity (Wildman–Crippen MR) is 46.9 cm³/mol. The Bertz CT molecular complexity index is 245. The van der Waals surface area contributed by atoms with Crippen molar-refractivity contribution in [3.8, 4) is 12.3 Å². The molecule has 58 valence electrons. The minimum atomic E-state index is -0.410. The lowest BCUT2D eigenvalue weighted by Crippen LogP contribution is -2.33. The second kappa shape index (κ2) is 3.09. The molecule has 0 radical (unpaired) electrons. The molecule has 11 heavy (non-hydrogen) atoms. The lowest BCUT2D eigenvalue weighted by Gasteiger charge is -2.14. The highest BCUT2D eigenvalue weighted by molar-refractivity contribution is 14.1. The molecule has 0 aromatic rings. The lowest BCUT2D eigenvalue weighted by molar-refractivity contribution is -0.118. The Balaban J connectivity index is 2.69. The largest absolute Gasteiger partial charge is 0.326 e. The number of amides is 3. The molecule has 5 heteroatoms. The first-order valence-corrected chi connectivity index (χ1v) is 4.10. The summed E-state index contributed by atoms with van der Waals surface area (Å²) >= 11 is 1.91. The molecule has 1 fully saturated rings. The van der Waals surface area contributed by atoms with Gasteiger partial charge in [-0.25, -0.2) is 4.79 Å². The number of carbonyl (C=O) groups excluding carboxylic acids is 2. The van der Waals surface area contributed by atoms with E-state index < -0.39 is 6.03 Å². The maximum Gasteiger partial charge on any atom is 0.326 e. The van der Waals surface area contributed by atoms with Gasteiger partial charge in [-0.3, -0.25) is 15.0 Å². The molecule has 1 aliphatic rings. The summed E-state index contributed by atoms with van der Waals surface area (Å²) < 4.78 is -0.348. The van der Waals surface area contributed by atoms with E-state index in [1.165, 1.54) is 4.90 Å². The standard InChI is InChI=1S/C6H5IN2O2/c1-2-4(7)9-3-5(10)8-6(9)11/h1,4H,3H2,(H,8,10,11). The lowest BCUT2D eigenvalue weighted by atomic mass is 10.5. The minimum Gasteiger partial charge on any atom is -0.292 e. The molecule has 0 saturated carbocycles. The normalized spacial score (nSPS) is 19.5. The Morgan fingerprint density at radius 2 is 2.36 bits per heavy atom. The molecule has 1 aliphatic heterocycles. The van der Waals surface area contributed by atoms with E-state index in [0.717, 1.165) is 0 Å². The van der Waals surface area contributed by atoms with Gasteiger partial charge in [-0.15, -0.1) is 6.42 Å². The van der Waals surface area contributed by atoms with Crippen LogP contribution in [-0.4, -0.2) is 27.4 Å². The summed E-state index contributed by atoms with van der Waals surface area (Å²) in [5.74, 6) is 2.06. The molecule has 1 rings (SSSR count). The van der Waals surface area contributed by atoms with Gasteiger partial charge in [-0.05, 0) is 22.6 Å². The van der Waals surface area contributed by atoms with Crippen LogP contribution in [0.2, 0.25) is 0 Å². The zero-order valence-electron chi connectivity index (χ0n) is 5.50. The fourth-order valence-electron chi connectivity index (χ4n) is 0.730. The van der Waals surface area contributed by atoms with E-state index in [1.807, 2.05) is 22.6 Å². The highest BCUT2D eigenvalue weighted by Gasteiger charge is 2.30. The van der Waals surface area contributed by atoms with E-state index in [4.69, 9.17) is 6.42 Å². The zero-order chi connectivity index (χ0) is 8.43. The average Bonchev–Trinajstić information content (AvgIpc) is 2.28. The molecular weight excluding hydrogens is 259 g/mol. The number of nitrogens with one attached hydrogen (secondary N) is 1. The van der Waals surface area contributed by atoms with Gasteiger partial charge >= 0.3 is 6.03 Å². The van der Waals surface area contributed by atoms with E-state index in [2.05, 4.69) is 11.2 Å². The maximum absolute atomic E-state index is 10.9. The third-order valence-corrected chi connectivity index (χ3v) is 2.26. The third-order valence-electron chi connectivity index (χ3n) is 1.23. The van der Waals surface area contributed by atoms with Crippen molar-refractivity contribution < 1.29 is 9.59 Å². The van der Waals surface area contributed by atoms with E-state index in [-0.39, 0.29) is 16.5 Å². The second-order valence-corrected chi connectivity index (χ2v) is 3.16. The first-order chi connectivity index (χ1) is 5.15. The number of nitrogens with zero attached hydrogens (tertiary/aromatic N) is 1. The van der Waals surface area contributed by atoms with Crippen molar-refractivity contribution in [2.45, 2.75) is 4.05 Å². The van der Waals surface area contributed by atoms with Gasteiger partial charge in [0.25, 0.3) is 0 Å². The van der Waals surface area contributed by atoms with Crippen LogP contribution < -0.4 is 5.32 Å². The topological polar surface area (TPSA) is 49.4 Å². The van der Waals surface area contributed by atoms with E-state index in [0.29, 0.717) is 0 Å². The fraction of sp³-hybridized carbons (Fsp3) is 0.333. The molecule has 0 spiro atoms. The van der Waals surface area contributed by atoms with Gasteiger partial charge in [-0.1, -0.05) is 5.92 Å². The van der Waals surface area contributed by atoms with Gasteiger partial charge < -0.3 is 0 Å². The Kier molecular flexibility index (Phi) is 2.34. The molecule has 3 amide bonds. The van der Waals surface area contributed by atoms with Crippen LogP contribution in [0.25, 0.3) is 0 Å². The number of rotatable bonds is 1. The van der Waals surface area contributed by atoms with Crippen molar-refractivity contribution in [3.63, 3.8) is 0 Å². The maximum atomic E-state index is 10.9. The van der Waals surface area contributed by atoms with Crippen LogP contribution in [0.15, 0.2) is 0 Å². The summed E-state index contributed by atoms with van der Waals surface area (Å²) in [6.45, 7) is 0.0661. The SMILES string of the molecule is C#CC(I)N1CC(=O)NC1=O. The quantitative estimate of drug-likeness (QED) is 0.237. The summed E-state index contributed by atoms with van der Waals surface area (Å²) in [5, 5.41) is 2.13. The van der Waals surface area contributed by atoms with Crippen molar-refractivity contribution >= 4 is 34.5 Å². The van der Waals surface area contributed by atoms with Gasteiger partial charge in [0.15, 0.2) is 0 Å². The summed E-state index contributed by atoms with van der Waals surface area (Å²) in [6.07, 6.45) is 5.07.